The summed E-state index contributed by atoms with van der Waals surface area (Å²) in [7, 11) is 4.66. The largest absolute Gasteiger partial charge is 0.456 e. The van der Waals surface area contributed by atoms with Crippen LogP contribution in [-0.4, -0.2) is 115 Å². The monoisotopic (exact) mass is 785 g/mol. The Balaban J connectivity index is 1.78. The zero-order valence-electron chi connectivity index (χ0n) is 34.8. The number of fused-ring (bicyclic) bond motifs is 3. The minimum atomic E-state index is -2.48. The number of carbonyl (C=O) groups excluding carboxylic acids is 4. The Hall–Kier alpha value is -3.00. The number of rotatable bonds is 7. The number of amides is 1. The summed E-state index contributed by atoms with van der Waals surface area (Å²) < 4.78 is 29.8. The molecule has 3 fully saturated rings. The van der Waals surface area contributed by atoms with Crippen molar-refractivity contribution in [2.24, 2.45) is 29.6 Å². The molecule has 2 saturated heterocycles. The van der Waals surface area contributed by atoms with Crippen molar-refractivity contribution in [3.05, 3.63) is 48.1 Å². The third-order valence-corrected chi connectivity index (χ3v) is 12.4. The summed E-state index contributed by atoms with van der Waals surface area (Å²) in [5.74, 6) is -7.00. The second-order valence-electron chi connectivity index (χ2n) is 16.8. The highest BCUT2D eigenvalue weighted by molar-refractivity contribution is 6.39. The van der Waals surface area contributed by atoms with E-state index in [-0.39, 0.29) is 43.1 Å². The molecule has 56 heavy (non-hydrogen) atoms. The van der Waals surface area contributed by atoms with Crippen molar-refractivity contribution in [1.29, 1.82) is 0 Å². The number of hydrogen-bond acceptors (Lipinski definition) is 11. The molecule has 3 heterocycles. The molecule has 3 aliphatic heterocycles. The maximum Gasteiger partial charge on any atom is 0.329 e. The zero-order chi connectivity index (χ0) is 41.3. The standard InChI is InChI=1S/C44H67NO11/c1-10-13-32-21-26(2)20-27(3)22-37(53-8)40-38(54-9)24-30(6)44(51,56-40)41(48)42(49)45-19-12-11-14-33(45)43(50)55-39(28(4)15-17-34(32)46)29(5)23-31-16-18-35(47)36(25-31)52-7/h10,15,17,21,23,27-28,30-33,35-40,47,51H,1,11-14,16,18-20,22,24-25H2,2-9H3/b17-15?,26-21?,29-23+/t27-,28+,30+,31-,32+,33-,35+,36+,37-,38-,39-,40+,44+/m0/s1. The maximum absolute atomic E-state index is 14.3. The van der Waals surface area contributed by atoms with E-state index in [2.05, 4.69) is 19.6 Å². The van der Waals surface area contributed by atoms with E-state index in [0.717, 1.165) is 17.6 Å². The summed E-state index contributed by atoms with van der Waals surface area (Å²) in [5.41, 5.74) is 1.77. The summed E-state index contributed by atoms with van der Waals surface area (Å²) in [6, 6.07) is -1.08. The Morgan fingerprint density at radius 3 is 2.32 bits per heavy atom. The molecule has 1 saturated carbocycles. The molecule has 13 atom stereocenters. The normalized spacial score (nSPS) is 38.9. The van der Waals surface area contributed by atoms with Gasteiger partial charge < -0.3 is 38.8 Å². The quantitative estimate of drug-likeness (QED) is 0.192. The fourth-order valence-electron chi connectivity index (χ4n) is 9.12. The predicted octanol–water partition coefficient (Wildman–Crippen LogP) is 5.44. The summed E-state index contributed by atoms with van der Waals surface area (Å²) in [5, 5.41) is 22.4. The Kier molecular flexibility index (Phi) is 16.8. The molecule has 12 heteroatoms. The van der Waals surface area contributed by atoms with E-state index in [9.17, 15) is 29.4 Å². The number of hydrogen-bond donors (Lipinski definition) is 2. The first-order valence-corrected chi connectivity index (χ1v) is 20.5. The second-order valence-corrected chi connectivity index (χ2v) is 16.8. The van der Waals surface area contributed by atoms with E-state index in [0.29, 0.717) is 44.9 Å². The van der Waals surface area contributed by atoms with Crippen LogP contribution in [0.3, 0.4) is 0 Å². The molecule has 2 N–H and O–H groups in total. The summed E-state index contributed by atoms with van der Waals surface area (Å²) in [4.78, 5) is 57.6. The van der Waals surface area contributed by atoms with Gasteiger partial charge >= 0.3 is 5.97 Å². The average molecular weight is 786 g/mol. The van der Waals surface area contributed by atoms with E-state index >= 15 is 0 Å². The molecular weight excluding hydrogens is 718 g/mol. The van der Waals surface area contributed by atoms with Crippen LogP contribution in [0, 0.1) is 29.6 Å². The van der Waals surface area contributed by atoms with Crippen molar-refractivity contribution in [3.63, 3.8) is 0 Å². The molecular formula is C44H67NO11. The van der Waals surface area contributed by atoms with E-state index in [1.165, 1.54) is 19.1 Å². The van der Waals surface area contributed by atoms with Gasteiger partial charge in [0.15, 0.2) is 5.78 Å². The van der Waals surface area contributed by atoms with Gasteiger partial charge in [0.05, 0.1) is 24.4 Å². The molecule has 1 aliphatic carbocycles. The van der Waals surface area contributed by atoms with Gasteiger partial charge in [0, 0.05) is 45.6 Å². The van der Waals surface area contributed by atoms with Crippen LogP contribution in [0.2, 0.25) is 0 Å². The number of allylic oxidation sites excluding steroid dienone is 5. The van der Waals surface area contributed by atoms with Crippen LogP contribution in [-0.2, 0) is 42.9 Å². The van der Waals surface area contributed by atoms with E-state index in [1.54, 1.807) is 32.3 Å². The molecule has 2 bridgehead atoms. The van der Waals surface area contributed by atoms with Gasteiger partial charge in [0.2, 0.25) is 5.79 Å². The van der Waals surface area contributed by atoms with Crippen molar-refractivity contribution < 1.29 is 53.1 Å². The summed E-state index contributed by atoms with van der Waals surface area (Å²) in [6.45, 7) is 13.5. The summed E-state index contributed by atoms with van der Waals surface area (Å²) >= 11 is 0. The predicted molar refractivity (Wildman–Crippen MR) is 211 cm³/mol. The Morgan fingerprint density at radius 1 is 0.982 bits per heavy atom. The zero-order valence-corrected chi connectivity index (χ0v) is 34.8. The van der Waals surface area contributed by atoms with Crippen molar-refractivity contribution >= 4 is 23.4 Å². The highest BCUT2D eigenvalue weighted by Crippen LogP contribution is 2.39. The van der Waals surface area contributed by atoms with Crippen LogP contribution in [0.5, 0.6) is 0 Å². The van der Waals surface area contributed by atoms with Gasteiger partial charge in [-0.3, -0.25) is 14.4 Å². The van der Waals surface area contributed by atoms with Gasteiger partial charge in [-0.2, -0.15) is 0 Å². The number of nitrogens with zero attached hydrogens (tertiary/aromatic N) is 1. The smallest absolute Gasteiger partial charge is 0.329 e. The number of Topliss-reactive ketones (excluding diaryl/α,β-unsaturated/α-hetero) is 1. The molecule has 0 unspecified atom stereocenters. The molecule has 0 radical (unpaired) electrons. The average Bonchev–Trinajstić information content (AvgIpc) is 3.18. The third-order valence-electron chi connectivity index (χ3n) is 12.4. The number of ketones is 2. The van der Waals surface area contributed by atoms with Crippen LogP contribution in [0.25, 0.3) is 0 Å². The fraction of sp³-hybridized carbons (Fsp3) is 0.727. The number of cyclic esters (lactones) is 1. The van der Waals surface area contributed by atoms with Crippen molar-refractivity contribution in [1.82, 2.24) is 4.90 Å². The molecule has 314 valence electrons. The molecule has 12 nitrogen and oxygen atoms in total. The number of esters is 1. The molecule has 4 rings (SSSR count). The highest BCUT2D eigenvalue weighted by atomic mass is 16.7. The topological polar surface area (TPSA) is 158 Å². The van der Waals surface area contributed by atoms with Crippen LogP contribution >= 0.6 is 0 Å². The lowest BCUT2D eigenvalue weighted by Gasteiger charge is -2.47. The fourth-order valence-corrected chi connectivity index (χ4v) is 9.12. The molecule has 0 spiro atoms. The van der Waals surface area contributed by atoms with Gasteiger partial charge in [0.25, 0.3) is 11.7 Å². The van der Waals surface area contributed by atoms with Crippen LogP contribution < -0.4 is 0 Å². The Labute approximate surface area is 333 Å². The first kappa shape index (κ1) is 45.7. The molecule has 0 aromatic heterocycles. The maximum atomic E-state index is 14.3. The van der Waals surface area contributed by atoms with Gasteiger partial charge in [-0.25, -0.2) is 4.79 Å². The summed E-state index contributed by atoms with van der Waals surface area (Å²) in [6.07, 6.45) is 10.5. The van der Waals surface area contributed by atoms with Crippen LogP contribution in [0.4, 0.5) is 0 Å². The van der Waals surface area contributed by atoms with Gasteiger partial charge in [0.1, 0.15) is 18.2 Å². The van der Waals surface area contributed by atoms with Crippen molar-refractivity contribution in [3.8, 4) is 0 Å². The van der Waals surface area contributed by atoms with Gasteiger partial charge in [-0.1, -0.05) is 50.6 Å². The molecule has 0 aromatic carbocycles. The number of carbonyl (C=O) groups is 4. The van der Waals surface area contributed by atoms with E-state index < -0.39 is 77.8 Å². The number of ether oxygens (including phenoxy) is 5. The molecule has 1 amide bonds. The molecule has 4 aliphatic rings. The highest BCUT2D eigenvalue weighted by Gasteiger charge is 2.56. The van der Waals surface area contributed by atoms with Gasteiger partial charge in [-0.05, 0) is 102 Å². The Morgan fingerprint density at radius 2 is 1.66 bits per heavy atom. The van der Waals surface area contributed by atoms with Crippen molar-refractivity contribution in [2.45, 2.75) is 147 Å². The van der Waals surface area contributed by atoms with E-state index in [1.807, 2.05) is 26.8 Å². The number of piperidine rings is 1. The minimum absolute atomic E-state index is 0.0469. The first-order valence-electron chi connectivity index (χ1n) is 20.5. The lowest BCUT2D eigenvalue weighted by atomic mass is 9.82. The minimum Gasteiger partial charge on any atom is -0.456 e. The van der Waals surface area contributed by atoms with Crippen LogP contribution in [0.15, 0.2) is 48.1 Å². The van der Waals surface area contributed by atoms with Crippen molar-refractivity contribution in [2.75, 3.05) is 27.9 Å². The number of methoxy groups -OCH3 is 3. The lowest BCUT2D eigenvalue weighted by molar-refractivity contribution is -0.302. The third kappa shape index (κ3) is 10.9. The van der Waals surface area contributed by atoms with E-state index in [4.69, 9.17) is 23.7 Å². The lowest BCUT2D eigenvalue weighted by Crippen LogP contribution is -2.64. The first-order chi connectivity index (χ1) is 26.6. The Bertz CT molecular complexity index is 1490. The molecule has 0 aromatic rings. The van der Waals surface area contributed by atoms with Crippen LogP contribution in [0.1, 0.15) is 98.8 Å². The number of aliphatic hydroxyl groups excluding tert-OH is 1. The number of aliphatic hydroxyl groups is 2. The SMILES string of the molecule is C=CC[C@@H]1C=C(C)C[C@H](C)C[C@H](OC)[C@H]2O[C@@](O)(C(=O)C(=O)N3CCCC[C@H]3C(=O)O[C@H](/C(C)=C/[C@@H]3CC[C@@H](O)[C@H](OC)C3)[C@H](C)C=CC1=O)[C@H](C)C[C@@H]2OC. The van der Waals surface area contributed by atoms with Gasteiger partial charge in [-0.15, -0.1) is 6.58 Å². The second kappa shape index (κ2) is 20.6.